The molecule has 0 saturated carbocycles. The first kappa shape index (κ1) is 13.8. The molecule has 2 aromatic rings. The van der Waals surface area contributed by atoms with Crippen LogP contribution in [-0.4, -0.2) is 18.7 Å². The Labute approximate surface area is 117 Å². The average molecular weight is 265 g/mol. The first-order valence-corrected chi connectivity index (χ1v) is 6.41. The predicted octanol–water partition coefficient (Wildman–Crippen LogP) is 2.41. The highest BCUT2D eigenvalue weighted by atomic mass is 16.1. The zero-order valence-electron chi connectivity index (χ0n) is 11.0. The summed E-state index contributed by atoms with van der Waals surface area (Å²) < 4.78 is 0. The lowest BCUT2D eigenvalue weighted by Gasteiger charge is -2.09. The Morgan fingerprint density at radius 1 is 1.25 bits per heavy atom. The summed E-state index contributed by atoms with van der Waals surface area (Å²) in [6, 6.07) is 13.5. The van der Waals surface area contributed by atoms with Crippen molar-refractivity contribution in [2.75, 3.05) is 6.54 Å². The van der Waals surface area contributed by atoms with Crippen LogP contribution in [0.15, 0.2) is 36.4 Å². The van der Waals surface area contributed by atoms with Gasteiger partial charge in [0, 0.05) is 12.8 Å². The average Bonchev–Trinajstić information content (AvgIpc) is 2.48. The topological polar surface area (TPSA) is 76.7 Å². The molecule has 0 aliphatic rings. The van der Waals surface area contributed by atoms with Gasteiger partial charge in [-0.25, -0.2) is 0 Å². The van der Waals surface area contributed by atoms with Crippen molar-refractivity contribution in [2.24, 2.45) is 0 Å². The largest absolute Gasteiger partial charge is 0.355 e. The first-order chi connectivity index (χ1) is 9.76. The number of nitrogens with one attached hydrogen (secondary N) is 2. The number of nitrogens with zero attached hydrogens (tertiary/aromatic N) is 1. The molecule has 4 heteroatoms. The minimum Gasteiger partial charge on any atom is -0.355 e. The molecule has 2 N–H and O–H groups in total. The fourth-order valence-corrected chi connectivity index (χ4v) is 2.16. The molecule has 0 radical (unpaired) electrons. The number of nitriles is 1. The highest BCUT2D eigenvalue weighted by Crippen LogP contribution is 2.22. The third-order valence-corrected chi connectivity index (χ3v) is 3.11. The quantitative estimate of drug-likeness (QED) is 0.643. The summed E-state index contributed by atoms with van der Waals surface area (Å²) in [4.78, 5) is 11.8. The summed E-state index contributed by atoms with van der Waals surface area (Å²) in [6.07, 6.45) is 1.92. The molecule has 0 aromatic heterocycles. The summed E-state index contributed by atoms with van der Waals surface area (Å²) in [7, 11) is 0. The van der Waals surface area contributed by atoms with Gasteiger partial charge in [0.25, 0.3) is 0 Å². The van der Waals surface area contributed by atoms with Crippen LogP contribution in [0.25, 0.3) is 10.8 Å². The van der Waals surface area contributed by atoms with Gasteiger partial charge < -0.3 is 10.7 Å². The lowest BCUT2D eigenvalue weighted by molar-refractivity contribution is -0.120. The van der Waals surface area contributed by atoms with E-state index in [-0.39, 0.29) is 12.3 Å². The van der Waals surface area contributed by atoms with Crippen LogP contribution >= 0.6 is 0 Å². The summed E-state index contributed by atoms with van der Waals surface area (Å²) in [5.74, 6) is -0.0898. The number of rotatable bonds is 5. The molecular weight excluding hydrogens is 250 g/mol. The number of benzene rings is 2. The molecule has 0 unspecified atom stereocenters. The summed E-state index contributed by atoms with van der Waals surface area (Å²) >= 11 is 0. The van der Waals surface area contributed by atoms with Gasteiger partial charge in [0.1, 0.15) is 0 Å². The lowest BCUT2D eigenvalue weighted by atomic mass is 9.98. The Morgan fingerprint density at radius 2 is 2.00 bits per heavy atom. The highest BCUT2D eigenvalue weighted by Gasteiger charge is 2.08. The molecule has 2 rings (SSSR count). The van der Waals surface area contributed by atoms with Crippen LogP contribution in [0.1, 0.15) is 17.5 Å². The summed E-state index contributed by atoms with van der Waals surface area (Å²) in [5, 5.41) is 20.5. The van der Waals surface area contributed by atoms with Crippen LogP contribution in [0, 0.1) is 16.7 Å². The number of carbonyl (C=O) groups is 1. The molecule has 0 atom stereocenters. The number of amides is 1. The van der Waals surface area contributed by atoms with Crippen molar-refractivity contribution in [2.45, 2.75) is 12.8 Å². The molecular formula is C16H15N3O. The van der Waals surface area contributed by atoms with Crippen molar-refractivity contribution in [3.05, 3.63) is 47.5 Å². The molecule has 2 aromatic carbocycles. The van der Waals surface area contributed by atoms with Crippen molar-refractivity contribution >= 4 is 22.9 Å². The van der Waals surface area contributed by atoms with Gasteiger partial charge in [-0.15, -0.1) is 0 Å². The molecule has 4 nitrogen and oxygen atoms in total. The van der Waals surface area contributed by atoms with E-state index in [1.54, 1.807) is 0 Å². The maximum absolute atomic E-state index is 11.8. The molecule has 1 amide bonds. The van der Waals surface area contributed by atoms with E-state index in [0.717, 1.165) is 21.9 Å². The molecule has 0 bridgehead atoms. The standard InChI is InChI=1S/C16H15N3O/c17-8-3-9-19-16(20)10-12-6-7-13(11-18)15-5-2-1-4-14(12)15/h1-2,4-7,11,18H,3,9-10H2,(H,19,20). The summed E-state index contributed by atoms with van der Waals surface area (Å²) in [6.45, 7) is 0.381. The second-order valence-corrected chi connectivity index (χ2v) is 4.44. The second-order valence-electron chi connectivity index (χ2n) is 4.44. The van der Waals surface area contributed by atoms with Crippen molar-refractivity contribution in [1.82, 2.24) is 5.32 Å². The van der Waals surface area contributed by atoms with Gasteiger partial charge in [-0.1, -0.05) is 36.4 Å². The van der Waals surface area contributed by atoms with Gasteiger partial charge in [-0.05, 0) is 21.9 Å². The molecule has 0 aliphatic carbocycles. The van der Waals surface area contributed by atoms with E-state index in [1.165, 1.54) is 6.21 Å². The van der Waals surface area contributed by atoms with E-state index in [4.69, 9.17) is 10.7 Å². The maximum Gasteiger partial charge on any atom is 0.224 e. The van der Waals surface area contributed by atoms with Crippen LogP contribution in [0.3, 0.4) is 0 Å². The molecule has 0 aliphatic heterocycles. The Kier molecular flexibility index (Phi) is 4.46. The number of fused-ring (bicyclic) bond motifs is 1. The van der Waals surface area contributed by atoms with Crippen molar-refractivity contribution in [3.8, 4) is 6.07 Å². The Morgan fingerprint density at radius 3 is 2.70 bits per heavy atom. The van der Waals surface area contributed by atoms with Crippen LogP contribution in [0.5, 0.6) is 0 Å². The van der Waals surface area contributed by atoms with Gasteiger partial charge in [-0.3, -0.25) is 4.79 Å². The van der Waals surface area contributed by atoms with Gasteiger partial charge in [0.2, 0.25) is 5.91 Å². The van der Waals surface area contributed by atoms with E-state index in [2.05, 4.69) is 5.32 Å². The van der Waals surface area contributed by atoms with Crippen molar-refractivity contribution in [3.63, 3.8) is 0 Å². The SMILES string of the molecule is N#CCCNC(=O)Cc1ccc(C=N)c2ccccc12. The molecule has 0 saturated heterocycles. The molecule has 0 heterocycles. The third-order valence-electron chi connectivity index (χ3n) is 3.11. The number of hydrogen-bond donors (Lipinski definition) is 2. The number of hydrogen-bond acceptors (Lipinski definition) is 3. The lowest BCUT2D eigenvalue weighted by Crippen LogP contribution is -2.25. The molecule has 100 valence electrons. The Bertz CT molecular complexity index is 686. The highest BCUT2D eigenvalue weighted by molar-refractivity contribution is 6.01. The van der Waals surface area contributed by atoms with Crippen LogP contribution in [0.2, 0.25) is 0 Å². The van der Waals surface area contributed by atoms with Gasteiger partial charge in [-0.2, -0.15) is 5.26 Å². The van der Waals surface area contributed by atoms with Crippen molar-refractivity contribution < 1.29 is 4.79 Å². The number of carbonyl (C=O) groups excluding carboxylic acids is 1. The van der Waals surface area contributed by atoms with Gasteiger partial charge in [0.15, 0.2) is 0 Å². The van der Waals surface area contributed by atoms with Gasteiger partial charge in [0.05, 0.1) is 18.9 Å². The smallest absolute Gasteiger partial charge is 0.224 e. The fraction of sp³-hybridized carbons (Fsp3) is 0.188. The van der Waals surface area contributed by atoms with E-state index < -0.39 is 0 Å². The molecule has 0 spiro atoms. The van der Waals surface area contributed by atoms with E-state index >= 15 is 0 Å². The van der Waals surface area contributed by atoms with E-state index in [1.807, 2.05) is 42.5 Å². The van der Waals surface area contributed by atoms with E-state index in [0.29, 0.717) is 13.0 Å². The molecule has 20 heavy (non-hydrogen) atoms. The van der Waals surface area contributed by atoms with E-state index in [9.17, 15) is 4.79 Å². The maximum atomic E-state index is 11.8. The Balaban J connectivity index is 2.25. The van der Waals surface area contributed by atoms with Crippen LogP contribution < -0.4 is 5.32 Å². The summed E-state index contributed by atoms with van der Waals surface area (Å²) in [5.41, 5.74) is 1.77. The third kappa shape index (κ3) is 3.01. The zero-order valence-corrected chi connectivity index (χ0v) is 11.0. The Hall–Kier alpha value is -2.67. The fourth-order valence-electron chi connectivity index (χ4n) is 2.16. The molecule has 0 fully saturated rings. The second kappa shape index (κ2) is 6.48. The zero-order chi connectivity index (χ0) is 14.4. The van der Waals surface area contributed by atoms with Gasteiger partial charge >= 0.3 is 0 Å². The van der Waals surface area contributed by atoms with Crippen LogP contribution in [0.4, 0.5) is 0 Å². The minimum absolute atomic E-state index is 0.0898. The van der Waals surface area contributed by atoms with Crippen molar-refractivity contribution in [1.29, 1.82) is 10.7 Å². The monoisotopic (exact) mass is 265 g/mol. The predicted molar refractivity (Wildman–Crippen MR) is 78.8 cm³/mol. The first-order valence-electron chi connectivity index (χ1n) is 6.41. The van der Waals surface area contributed by atoms with Crippen LogP contribution in [-0.2, 0) is 11.2 Å². The minimum atomic E-state index is -0.0898. The normalized spacial score (nSPS) is 9.95.